The van der Waals surface area contributed by atoms with Crippen molar-refractivity contribution in [2.45, 2.75) is 20.0 Å². The van der Waals surface area contributed by atoms with Crippen molar-refractivity contribution in [3.63, 3.8) is 0 Å². The number of rotatable bonds is 4. The van der Waals surface area contributed by atoms with Gasteiger partial charge >= 0.3 is 5.97 Å². The average molecular weight is 323 g/mol. The van der Waals surface area contributed by atoms with Crippen molar-refractivity contribution in [2.24, 2.45) is 0 Å². The van der Waals surface area contributed by atoms with Gasteiger partial charge in [0, 0.05) is 5.69 Å². The molecule has 6 nitrogen and oxygen atoms in total. The van der Waals surface area contributed by atoms with Gasteiger partial charge in [-0.1, -0.05) is 17.7 Å². The number of nitrogens with zero attached hydrogens (tertiary/aromatic N) is 1. The molecule has 3 aromatic rings. The maximum atomic E-state index is 12.2. The van der Waals surface area contributed by atoms with Gasteiger partial charge in [-0.05, 0) is 44.2 Å². The van der Waals surface area contributed by atoms with E-state index in [0.717, 1.165) is 16.6 Å². The number of carbonyl (C=O) groups is 2. The Balaban J connectivity index is 1.64. The molecule has 2 N–H and O–H groups in total. The van der Waals surface area contributed by atoms with Gasteiger partial charge in [-0.15, -0.1) is 0 Å². The minimum Gasteiger partial charge on any atom is -0.449 e. The SMILES string of the molecule is Cc1ccc(NC(=O)C(C)OC(=O)c2ccc3nc[nH]c3c2)cc1. The Labute approximate surface area is 138 Å². The molecule has 0 aliphatic heterocycles. The largest absolute Gasteiger partial charge is 0.449 e. The second-order valence-electron chi connectivity index (χ2n) is 5.54. The molecule has 0 saturated carbocycles. The lowest BCUT2D eigenvalue weighted by Gasteiger charge is -2.13. The highest BCUT2D eigenvalue weighted by atomic mass is 16.5. The van der Waals surface area contributed by atoms with Gasteiger partial charge in [-0.2, -0.15) is 0 Å². The lowest BCUT2D eigenvalue weighted by atomic mass is 10.2. The van der Waals surface area contributed by atoms with E-state index in [9.17, 15) is 9.59 Å². The topological polar surface area (TPSA) is 84.1 Å². The Kier molecular flexibility index (Phi) is 4.29. The highest BCUT2D eigenvalue weighted by molar-refractivity contribution is 5.98. The molecule has 0 spiro atoms. The van der Waals surface area contributed by atoms with E-state index in [1.165, 1.54) is 6.92 Å². The molecule has 1 heterocycles. The van der Waals surface area contributed by atoms with E-state index in [1.54, 1.807) is 36.7 Å². The van der Waals surface area contributed by atoms with Crippen molar-refractivity contribution < 1.29 is 14.3 Å². The van der Waals surface area contributed by atoms with E-state index < -0.39 is 12.1 Å². The van der Waals surface area contributed by atoms with Crippen LogP contribution in [0.3, 0.4) is 0 Å². The molecule has 2 aromatic carbocycles. The van der Waals surface area contributed by atoms with Crippen LogP contribution in [0.5, 0.6) is 0 Å². The quantitative estimate of drug-likeness (QED) is 0.723. The van der Waals surface area contributed by atoms with Crippen LogP contribution in [0, 0.1) is 6.92 Å². The molecule has 24 heavy (non-hydrogen) atoms. The number of imidazole rings is 1. The van der Waals surface area contributed by atoms with Gasteiger partial charge in [0.15, 0.2) is 6.10 Å². The van der Waals surface area contributed by atoms with Crippen LogP contribution in [-0.2, 0) is 9.53 Å². The summed E-state index contributed by atoms with van der Waals surface area (Å²) in [7, 11) is 0. The number of benzene rings is 2. The van der Waals surface area contributed by atoms with Crippen molar-refractivity contribution in [2.75, 3.05) is 5.32 Å². The van der Waals surface area contributed by atoms with Crippen LogP contribution in [0.2, 0.25) is 0 Å². The van der Waals surface area contributed by atoms with Gasteiger partial charge in [-0.25, -0.2) is 9.78 Å². The van der Waals surface area contributed by atoms with E-state index in [0.29, 0.717) is 11.3 Å². The first kappa shape index (κ1) is 15.7. The number of H-pyrrole nitrogens is 1. The van der Waals surface area contributed by atoms with Crippen LogP contribution in [0.15, 0.2) is 48.8 Å². The number of aromatic amines is 1. The molecule has 1 unspecified atom stereocenters. The molecule has 1 aromatic heterocycles. The summed E-state index contributed by atoms with van der Waals surface area (Å²) < 4.78 is 5.23. The van der Waals surface area contributed by atoms with Crippen molar-refractivity contribution in [3.8, 4) is 0 Å². The number of aryl methyl sites for hydroxylation is 1. The zero-order valence-corrected chi connectivity index (χ0v) is 13.4. The average Bonchev–Trinajstić information content (AvgIpc) is 3.04. The molecule has 0 bridgehead atoms. The van der Waals surface area contributed by atoms with E-state index in [1.807, 2.05) is 19.1 Å². The van der Waals surface area contributed by atoms with Gasteiger partial charge in [-0.3, -0.25) is 4.79 Å². The molecule has 1 amide bonds. The zero-order valence-electron chi connectivity index (χ0n) is 13.4. The zero-order chi connectivity index (χ0) is 17.1. The lowest BCUT2D eigenvalue weighted by Crippen LogP contribution is -2.30. The second-order valence-corrected chi connectivity index (χ2v) is 5.54. The highest BCUT2D eigenvalue weighted by Gasteiger charge is 2.19. The number of fused-ring (bicyclic) bond motifs is 1. The Morgan fingerprint density at radius 3 is 2.67 bits per heavy atom. The predicted molar refractivity (Wildman–Crippen MR) is 90.8 cm³/mol. The molecule has 0 aliphatic rings. The fourth-order valence-electron chi connectivity index (χ4n) is 2.23. The Bertz CT molecular complexity index is 884. The second kappa shape index (κ2) is 6.54. The minimum absolute atomic E-state index is 0.363. The summed E-state index contributed by atoms with van der Waals surface area (Å²) in [5, 5.41) is 2.72. The van der Waals surface area contributed by atoms with E-state index in [-0.39, 0.29) is 5.91 Å². The summed E-state index contributed by atoms with van der Waals surface area (Å²) in [4.78, 5) is 31.3. The summed E-state index contributed by atoms with van der Waals surface area (Å²) in [6.45, 7) is 3.50. The molecule has 0 fully saturated rings. The van der Waals surface area contributed by atoms with Gasteiger partial charge < -0.3 is 15.0 Å². The standard InChI is InChI=1S/C18H17N3O3/c1-11-3-6-14(7-4-11)21-17(22)12(2)24-18(23)13-5-8-15-16(9-13)20-10-19-15/h3-10,12H,1-2H3,(H,19,20)(H,21,22). The van der Waals surface area contributed by atoms with Gasteiger partial charge in [0.2, 0.25) is 0 Å². The van der Waals surface area contributed by atoms with Crippen LogP contribution in [0.25, 0.3) is 11.0 Å². The van der Waals surface area contributed by atoms with Crippen LogP contribution in [0.4, 0.5) is 5.69 Å². The minimum atomic E-state index is -0.906. The highest BCUT2D eigenvalue weighted by Crippen LogP contribution is 2.14. The number of anilines is 1. The smallest absolute Gasteiger partial charge is 0.338 e. The maximum absolute atomic E-state index is 12.2. The summed E-state index contributed by atoms with van der Waals surface area (Å²) in [5.74, 6) is -0.937. The number of amides is 1. The third-order valence-corrected chi connectivity index (χ3v) is 3.63. The predicted octanol–water partition coefficient (Wildman–Crippen LogP) is 3.06. The third-order valence-electron chi connectivity index (χ3n) is 3.63. The number of esters is 1. The van der Waals surface area contributed by atoms with Crippen molar-refractivity contribution in [1.29, 1.82) is 0 Å². The van der Waals surface area contributed by atoms with Crippen molar-refractivity contribution in [1.82, 2.24) is 9.97 Å². The van der Waals surface area contributed by atoms with E-state index >= 15 is 0 Å². The summed E-state index contributed by atoms with van der Waals surface area (Å²) in [6.07, 6.45) is 0.647. The first-order valence-electron chi connectivity index (χ1n) is 7.54. The molecule has 0 saturated heterocycles. The molecule has 0 radical (unpaired) electrons. The lowest BCUT2D eigenvalue weighted by molar-refractivity contribution is -0.123. The van der Waals surface area contributed by atoms with Gasteiger partial charge in [0.05, 0.1) is 22.9 Å². The fraction of sp³-hybridized carbons (Fsp3) is 0.167. The molecular formula is C18H17N3O3. The number of aromatic nitrogens is 2. The first-order chi connectivity index (χ1) is 11.5. The van der Waals surface area contributed by atoms with E-state index in [2.05, 4.69) is 15.3 Å². The molecule has 0 aliphatic carbocycles. The summed E-state index contributed by atoms with van der Waals surface area (Å²) in [6, 6.07) is 12.4. The Morgan fingerprint density at radius 1 is 1.17 bits per heavy atom. The summed E-state index contributed by atoms with van der Waals surface area (Å²) >= 11 is 0. The number of ether oxygens (including phenoxy) is 1. The van der Waals surface area contributed by atoms with Crippen LogP contribution in [-0.4, -0.2) is 27.9 Å². The van der Waals surface area contributed by atoms with Crippen molar-refractivity contribution in [3.05, 3.63) is 59.9 Å². The van der Waals surface area contributed by atoms with Crippen LogP contribution in [0.1, 0.15) is 22.8 Å². The van der Waals surface area contributed by atoms with Crippen LogP contribution < -0.4 is 5.32 Å². The maximum Gasteiger partial charge on any atom is 0.338 e. The number of carbonyl (C=O) groups excluding carboxylic acids is 2. The summed E-state index contributed by atoms with van der Waals surface area (Å²) in [5.41, 5.74) is 3.62. The molecule has 3 rings (SSSR count). The number of hydrogen-bond acceptors (Lipinski definition) is 4. The van der Waals surface area contributed by atoms with Crippen molar-refractivity contribution >= 4 is 28.6 Å². The molecule has 122 valence electrons. The van der Waals surface area contributed by atoms with E-state index in [4.69, 9.17) is 4.74 Å². The van der Waals surface area contributed by atoms with Gasteiger partial charge in [0.25, 0.3) is 5.91 Å². The molecule has 1 atom stereocenters. The monoisotopic (exact) mass is 323 g/mol. The number of nitrogens with one attached hydrogen (secondary N) is 2. The van der Waals surface area contributed by atoms with Gasteiger partial charge in [0.1, 0.15) is 0 Å². The normalized spacial score (nSPS) is 11.9. The Morgan fingerprint density at radius 2 is 1.92 bits per heavy atom. The molecule has 6 heteroatoms. The third kappa shape index (κ3) is 3.43. The fourth-order valence-corrected chi connectivity index (χ4v) is 2.23. The van der Waals surface area contributed by atoms with Crippen LogP contribution >= 0.6 is 0 Å². The molecular weight excluding hydrogens is 306 g/mol. The number of hydrogen-bond donors (Lipinski definition) is 2. The Hall–Kier alpha value is -3.15. The first-order valence-corrected chi connectivity index (χ1v) is 7.54.